The van der Waals surface area contributed by atoms with Crippen LogP contribution in [0.1, 0.15) is 19.8 Å². The van der Waals surface area contributed by atoms with Gasteiger partial charge in [0.25, 0.3) is 0 Å². The number of likely N-dealkylation sites (N-methyl/N-ethyl adjacent to an activating group) is 2. The Bertz CT molecular complexity index is 505. The molecule has 0 spiro atoms. The van der Waals surface area contributed by atoms with Crippen LogP contribution in [0.5, 0.6) is 0 Å². The van der Waals surface area contributed by atoms with Crippen LogP contribution in [0.15, 0.2) is 24.3 Å². The van der Waals surface area contributed by atoms with Gasteiger partial charge in [0.15, 0.2) is 0 Å². The van der Waals surface area contributed by atoms with E-state index in [1.54, 1.807) is 30.1 Å². The van der Waals surface area contributed by atoms with Crippen molar-refractivity contribution < 1.29 is 13.9 Å². The Morgan fingerprint density at radius 2 is 2.14 bits per heavy atom. The van der Waals surface area contributed by atoms with Crippen LogP contribution in [0.25, 0.3) is 0 Å². The predicted molar refractivity (Wildman–Crippen MR) is 80.8 cm³/mol. The number of rotatable bonds is 7. The maximum atomic E-state index is 13.9. The third kappa shape index (κ3) is 3.18. The molecule has 4 nitrogen and oxygen atoms in total. The van der Waals surface area contributed by atoms with Crippen LogP contribution in [0.2, 0.25) is 0 Å². The molecular formula is C16H23FN2O2. The molecule has 0 aromatic heterocycles. The lowest BCUT2D eigenvalue weighted by Crippen LogP contribution is -2.61. The second-order valence-corrected chi connectivity index (χ2v) is 5.58. The van der Waals surface area contributed by atoms with E-state index in [2.05, 4.69) is 5.32 Å². The molecule has 5 heteroatoms. The molecular weight excluding hydrogens is 271 g/mol. The second kappa shape index (κ2) is 6.43. The summed E-state index contributed by atoms with van der Waals surface area (Å²) in [6.45, 7) is 3.01. The Kier molecular flexibility index (Phi) is 4.83. The van der Waals surface area contributed by atoms with E-state index in [0.717, 1.165) is 12.8 Å². The number of hydrogen-bond donors (Lipinski definition) is 1. The fourth-order valence-corrected chi connectivity index (χ4v) is 2.93. The van der Waals surface area contributed by atoms with Crippen LogP contribution in [0, 0.1) is 11.7 Å². The SMILES string of the molecule is CCNC(CN(C)c1ccccc1F)(C(=O)OC)C1CC1. The van der Waals surface area contributed by atoms with Gasteiger partial charge in [0.05, 0.1) is 12.8 Å². The predicted octanol–water partition coefficient (Wildman–Crippen LogP) is 2.19. The summed E-state index contributed by atoms with van der Waals surface area (Å²) in [6.07, 6.45) is 1.99. The minimum atomic E-state index is -0.763. The van der Waals surface area contributed by atoms with E-state index in [9.17, 15) is 9.18 Å². The summed E-state index contributed by atoms with van der Waals surface area (Å²) in [5.74, 6) is -0.305. The molecule has 0 radical (unpaired) electrons. The largest absolute Gasteiger partial charge is 0.468 e. The number of nitrogens with one attached hydrogen (secondary N) is 1. The third-order valence-corrected chi connectivity index (χ3v) is 4.07. The molecule has 0 amide bonds. The number of anilines is 1. The number of carbonyl (C=O) groups is 1. The van der Waals surface area contributed by atoms with Gasteiger partial charge in [0, 0.05) is 13.6 Å². The van der Waals surface area contributed by atoms with Crippen LogP contribution < -0.4 is 10.2 Å². The molecule has 0 saturated heterocycles. The minimum Gasteiger partial charge on any atom is -0.468 e. The molecule has 0 aliphatic heterocycles. The number of benzene rings is 1. The number of halogens is 1. The minimum absolute atomic E-state index is 0.249. The van der Waals surface area contributed by atoms with Crippen molar-refractivity contribution in [3.8, 4) is 0 Å². The fraction of sp³-hybridized carbons (Fsp3) is 0.562. The van der Waals surface area contributed by atoms with Crippen molar-refractivity contribution in [3.05, 3.63) is 30.1 Å². The monoisotopic (exact) mass is 294 g/mol. The summed E-state index contributed by atoms with van der Waals surface area (Å²) in [7, 11) is 3.20. The lowest BCUT2D eigenvalue weighted by Gasteiger charge is -2.36. The lowest BCUT2D eigenvalue weighted by atomic mass is 9.92. The van der Waals surface area contributed by atoms with Crippen LogP contribution in [-0.2, 0) is 9.53 Å². The smallest absolute Gasteiger partial charge is 0.328 e. The van der Waals surface area contributed by atoms with Crippen LogP contribution in [-0.4, -0.2) is 38.8 Å². The first-order chi connectivity index (χ1) is 10.0. The lowest BCUT2D eigenvalue weighted by molar-refractivity contribution is -0.149. The first kappa shape index (κ1) is 15.8. The molecule has 116 valence electrons. The summed E-state index contributed by atoms with van der Waals surface area (Å²) in [5.41, 5.74) is -0.273. The molecule has 21 heavy (non-hydrogen) atoms. The maximum absolute atomic E-state index is 13.9. The Balaban J connectivity index is 2.26. The number of ether oxygens (including phenoxy) is 1. The average Bonchev–Trinajstić information content (AvgIpc) is 3.31. The zero-order valence-electron chi connectivity index (χ0n) is 12.9. The summed E-state index contributed by atoms with van der Waals surface area (Å²) in [4.78, 5) is 14.1. The van der Waals surface area contributed by atoms with Gasteiger partial charge in [-0.3, -0.25) is 0 Å². The van der Waals surface area contributed by atoms with Crippen LogP contribution in [0.4, 0.5) is 10.1 Å². The molecule has 1 aliphatic rings. The summed E-state index contributed by atoms with van der Waals surface area (Å²) < 4.78 is 18.9. The first-order valence-corrected chi connectivity index (χ1v) is 7.34. The summed E-state index contributed by atoms with van der Waals surface area (Å²) in [6, 6.07) is 6.59. The maximum Gasteiger partial charge on any atom is 0.328 e. The summed E-state index contributed by atoms with van der Waals surface area (Å²) in [5, 5.41) is 3.29. The van der Waals surface area contributed by atoms with Gasteiger partial charge < -0.3 is 15.0 Å². The van der Waals surface area contributed by atoms with Crippen LogP contribution in [0.3, 0.4) is 0 Å². The Morgan fingerprint density at radius 1 is 1.48 bits per heavy atom. The Labute approximate surface area is 125 Å². The van der Waals surface area contributed by atoms with Crippen molar-refractivity contribution in [1.82, 2.24) is 5.32 Å². The standard InChI is InChI=1S/C16H23FN2O2/c1-4-18-16(12-9-10-12,15(20)21-3)11-19(2)14-8-6-5-7-13(14)17/h5-8,12,18H,4,9-11H2,1-3H3. The van der Waals surface area contributed by atoms with Crippen molar-refractivity contribution in [2.75, 3.05) is 32.1 Å². The van der Waals surface area contributed by atoms with E-state index >= 15 is 0 Å². The van der Waals surface area contributed by atoms with Crippen molar-refractivity contribution in [1.29, 1.82) is 0 Å². The van der Waals surface area contributed by atoms with Gasteiger partial charge in [-0.2, -0.15) is 0 Å². The van der Waals surface area contributed by atoms with Gasteiger partial charge in [0.1, 0.15) is 11.4 Å². The van der Waals surface area contributed by atoms with E-state index in [-0.39, 0.29) is 17.7 Å². The zero-order chi connectivity index (χ0) is 15.5. The Morgan fingerprint density at radius 3 is 2.67 bits per heavy atom. The first-order valence-electron chi connectivity index (χ1n) is 7.34. The molecule has 1 unspecified atom stereocenters. The molecule has 1 aromatic rings. The summed E-state index contributed by atoms with van der Waals surface area (Å²) >= 11 is 0. The van der Waals surface area contributed by atoms with Gasteiger partial charge in [0.2, 0.25) is 0 Å². The number of methoxy groups -OCH3 is 1. The van der Waals surface area contributed by atoms with Crippen molar-refractivity contribution in [3.63, 3.8) is 0 Å². The molecule has 1 N–H and O–H groups in total. The quantitative estimate of drug-likeness (QED) is 0.783. The highest BCUT2D eigenvalue weighted by molar-refractivity contribution is 5.83. The van der Waals surface area contributed by atoms with Crippen molar-refractivity contribution >= 4 is 11.7 Å². The zero-order valence-corrected chi connectivity index (χ0v) is 12.9. The molecule has 1 atom stereocenters. The van der Waals surface area contributed by atoms with Gasteiger partial charge in [-0.05, 0) is 37.4 Å². The molecule has 0 heterocycles. The normalized spacial score (nSPS) is 17.1. The average molecular weight is 294 g/mol. The van der Waals surface area contributed by atoms with Gasteiger partial charge >= 0.3 is 5.97 Å². The molecule has 1 fully saturated rings. The van der Waals surface area contributed by atoms with Crippen molar-refractivity contribution in [2.45, 2.75) is 25.3 Å². The van der Waals surface area contributed by atoms with E-state index in [1.165, 1.54) is 13.2 Å². The second-order valence-electron chi connectivity index (χ2n) is 5.58. The number of para-hydroxylation sites is 1. The molecule has 1 aromatic carbocycles. The molecule has 1 aliphatic carbocycles. The number of carbonyl (C=O) groups excluding carboxylic acids is 1. The Hall–Kier alpha value is -1.62. The van der Waals surface area contributed by atoms with E-state index in [4.69, 9.17) is 4.74 Å². The third-order valence-electron chi connectivity index (χ3n) is 4.07. The fourth-order valence-electron chi connectivity index (χ4n) is 2.93. The van der Waals surface area contributed by atoms with Gasteiger partial charge in [-0.1, -0.05) is 19.1 Å². The van der Waals surface area contributed by atoms with E-state index in [0.29, 0.717) is 18.8 Å². The highest BCUT2D eigenvalue weighted by Crippen LogP contribution is 2.41. The van der Waals surface area contributed by atoms with E-state index < -0.39 is 5.54 Å². The molecule has 1 saturated carbocycles. The molecule has 2 rings (SSSR count). The van der Waals surface area contributed by atoms with Crippen molar-refractivity contribution in [2.24, 2.45) is 5.92 Å². The van der Waals surface area contributed by atoms with E-state index in [1.807, 2.05) is 6.92 Å². The highest BCUT2D eigenvalue weighted by atomic mass is 19.1. The van der Waals surface area contributed by atoms with Gasteiger partial charge in [-0.25, -0.2) is 9.18 Å². The van der Waals surface area contributed by atoms with Crippen LogP contribution >= 0.6 is 0 Å². The number of nitrogens with zero attached hydrogens (tertiary/aromatic N) is 1. The molecule has 0 bridgehead atoms. The number of esters is 1. The van der Waals surface area contributed by atoms with Gasteiger partial charge in [-0.15, -0.1) is 0 Å². The highest BCUT2D eigenvalue weighted by Gasteiger charge is 2.52. The number of hydrogen-bond acceptors (Lipinski definition) is 4. The topological polar surface area (TPSA) is 41.6 Å².